The van der Waals surface area contributed by atoms with Gasteiger partial charge in [0.25, 0.3) is 0 Å². The molecule has 1 atom stereocenters. The standard InChI is InChI=1S/C13H22OSi/c1-13(2,3)12(9-10-14-15)11-7-5-4-6-8-11/h4-8,12H,9-10H2,1-3,15H3. The minimum atomic E-state index is 0.307. The minimum Gasteiger partial charge on any atom is -0.428 e. The van der Waals surface area contributed by atoms with Gasteiger partial charge in [0.15, 0.2) is 0 Å². The van der Waals surface area contributed by atoms with Crippen LogP contribution >= 0.6 is 0 Å². The second-order valence-electron chi connectivity index (χ2n) is 5.11. The van der Waals surface area contributed by atoms with E-state index in [0.717, 1.165) is 23.5 Å². The maximum Gasteiger partial charge on any atom is 0.145 e. The lowest BCUT2D eigenvalue weighted by atomic mass is 9.75. The Labute approximate surface area is 96.4 Å². The van der Waals surface area contributed by atoms with Gasteiger partial charge < -0.3 is 4.43 Å². The summed E-state index contributed by atoms with van der Waals surface area (Å²) in [7, 11) is 0.844. The molecule has 84 valence electrons. The molecule has 0 aliphatic rings. The maximum absolute atomic E-state index is 5.33. The Hall–Kier alpha value is -0.603. The molecule has 2 heteroatoms. The van der Waals surface area contributed by atoms with Gasteiger partial charge in [-0.1, -0.05) is 51.1 Å². The Morgan fingerprint density at radius 1 is 1.20 bits per heavy atom. The van der Waals surface area contributed by atoms with Crippen LogP contribution in [0.5, 0.6) is 0 Å². The van der Waals surface area contributed by atoms with Gasteiger partial charge in [0.05, 0.1) is 0 Å². The molecule has 0 N–H and O–H groups in total. The highest BCUT2D eigenvalue weighted by molar-refractivity contribution is 5.97. The second-order valence-corrected chi connectivity index (χ2v) is 5.69. The van der Waals surface area contributed by atoms with Gasteiger partial charge in [-0.2, -0.15) is 0 Å². The van der Waals surface area contributed by atoms with Crippen LogP contribution in [0.3, 0.4) is 0 Å². The third kappa shape index (κ3) is 3.80. The first-order valence-electron chi connectivity index (χ1n) is 5.59. The normalized spacial score (nSPS) is 14.1. The fraction of sp³-hybridized carbons (Fsp3) is 0.538. The van der Waals surface area contributed by atoms with Gasteiger partial charge in [-0.25, -0.2) is 0 Å². The molecule has 0 amide bonds. The quantitative estimate of drug-likeness (QED) is 0.711. The van der Waals surface area contributed by atoms with Crippen molar-refractivity contribution in [1.82, 2.24) is 0 Å². The molecule has 1 aromatic rings. The van der Waals surface area contributed by atoms with E-state index in [1.807, 2.05) is 0 Å². The van der Waals surface area contributed by atoms with Gasteiger partial charge in [-0.05, 0) is 23.3 Å². The van der Waals surface area contributed by atoms with Crippen molar-refractivity contribution in [2.24, 2.45) is 5.41 Å². The Morgan fingerprint density at radius 3 is 2.27 bits per heavy atom. The van der Waals surface area contributed by atoms with Crippen LogP contribution in [0.2, 0.25) is 0 Å². The summed E-state index contributed by atoms with van der Waals surface area (Å²) in [5.41, 5.74) is 1.74. The molecular weight excluding hydrogens is 200 g/mol. The fourth-order valence-electron chi connectivity index (χ4n) is 2.02. The lowest BCUT2D eigenvalue weighted by molar-refractivity contribution is 0.248. The summed E-state index contributed by atoms with van der Waals surface area (Å²) in [5, 5.41) is 0. The molecule has 1 nitrogen and oxygen atoms in total. The highest BCUT2D eigenvalue weighted by Gasteiger charge is 2.25. The average Bonchev–Trinajstić information content (AvgIpc) is 2.18. The predicted molar refractivity (Wildman–Crippen MR) is 69.1 cm³/mol. The molecule has 0 aromatic heterocycles. The Morgan fingerprint density at radius 2 is 1.80 bits per heavy atom. The third-order valence-electron chi connectivity index (χ3n) is 2.86. The van der Waals surface area contributed by atoms with Crippen molar-refractivity contribution >= 4 is 10.5 Å². The van der Waals surface area contributed by atoms with Crippen molar-refractivity contribution < 1.29 is 4.43 Å². The lowest BCUT2D eigenvalue weighted by Gasteiger charge is -2.31. The topological polar surface area (TPSA) is 9.23 Å². The molecule has 15 heavy (non-hydrogen) atoms. The minimum absolute atomic E-state index is 0.307. The molecule has 0 aliphatic heterocycles. The van der Waals surface area contributed by atoms with Crippen LogP contribution in [0.25, 0.3) is 0 Å². The van der Waals surface area contributed by atoms with E-state index >= 15 is 0 Å². The van der Waals surface area contributed by atoms with Crippen molar-refractivity contribution in [1.29, 1.82) is 0 Å². The molecule has 0 saturated carbocycles. The summed E-state index contributed by atoms with van der Waals surface area (Å²) < 4.78 is 5.33. The molecule has 1 unspecified atom stereocenters. The van der Waals surface area contributed by atoms with Crippen molar-refractivity contribution in [2.75, 3.05) is 6.61 Å². The zero-order valence-electron chi connectivity index (χ0n) is 10.3. The van der Waals surface area contributed by atoms with Crippen LogP contribution in [-0.2, 0) is 4.43 Å². The summed E-state index contributed by atoms with van der Waals surface area (Å²) >= 11 is 0. The van der Waals surface area contributed by atoms with Crippen LogP contribution in [0.4, 0.5) is 0 Å². The van der Waals surface area contributed by atoms with E-state index in [4.69, 9.17) is 4.43 Å². The van der Waals surface area contributed by atoms with Gasteiger partial charge in [0, 0.05) is 6.61 Å². The first kappa shape index (κ1) is 12.5. The molecule has 0 spiro atoms. The number of hydrogen-bond acceptors (Lipinski definition) is 1. The summed E-state index contributed by atoms with van der Waals surface area (Å²) in [5.74, 6) is 0.590. The summed E-state index contributed by atoms with van der Waals surface area (Å²) in [4.78, 5) is 0. The zero-order valence-corrected chi connectivity index (χ0v) is 12.3. The van der Waals surface area contributed by atoms with Crippen molar-refractivity contribution in [3.05, 3.63) is 35.9 Å². The molecule has 0 fully saturated rings. The molecule has 0 aliphatic carbocycles. The van der Waals surface area contributed by atoms with Crippen molar-refractivity contribution in [2.45, 2.75) is 33.1 Å². The van der Waals surface area contributed by atoms with Crippen LogP contribution in [0.15, 0.2) is 30.3 Å². The molecule has 0 radical (unpaired) electrons. The zero-order chi connectivity index (χ0) is 11.3. The molecular formula is C13H22OSi. The van der Waals surface area contributed by atoms with E-state index in [9.17, 15) is 0 Å². The molecule has 0 bridgehead atoms. The van der Waals surface area contributed by atoms with Gasteiger partial charge in [0.1, 0.15) is 10.5 Å². The van der Waals surface area contributed by atoms with Gasteiger partial charge in [-0.15, -0.1) is 0 Å². The summed E-state index contributed by atoms with van der Waals surface area (Å²) in [6.45, 7) is 7.80. The van der Waals surface area contributed by atoms with E-state index in [-0.39, 0.29) is 0 Å². The van der Waals surface area contributed by atoms with Crippen molar-refractivity contribution in [3.8, 4) is 0 Å². The third-order valence-corrected chi connectivity index (χ3v) is 3.27. The largest absolute Gasteiger partial charge is 0.428 e. The van der Waals surface area contributed by atoms with Crippen LogP contribution in [0.1, 0.15) is 38.7 Å². The molecule has 1 aromatic carbocycles. The fourth-order valence-corrected chi connectivity index (χ4v) is 2.26. The Bertz CT molecular complexity index is 276. The molecule has 1 rings (SSSR count). The molecule has 0 saturated heterocycles. The second kappa shape index (κ2) is 5.47. The van der Waals surface area contributed by atoms with Crippen LogP contribution in [-0.4, -0.2) is 17.1 Å². The monoisotopic (exact) mass is 222 g/mol. The number of rotatable bonds is 4. The smallest absolute Gasteiger partial charge is 0.145 e. The highest BCUT2D eigenvalue weighted by Crippen LogP contribution is 2.37. The Kier molecular flexibility index (Phi) is 4.55. The van der Waals surface area contributed by atoms with E-state index < -0.39 is 0 Å². The van der Waals surface area contributed by atoms with E-state index in [0.29, 0.717) is 11.3 Å². The van der Waals surface area contributed by atoms with E-state index in [2.05, 4.69) is 51.1 Å². The van der Waals surface area contributed by atoms with Crippen molar-refractivity contribution in [3.63, 3.8) is 0 Å². The Balaban J connectivity index is 2.82. The van der Waals surface area contributed by atoms with E-state index in [1.54, 1.807) is 0 Å². The average molecular weight is 222 g/mol. The van der Waals surface area contributed by atoms with Crippen LogP contribution < -0.4 is 0 Å². The SMILES string of the molecule is CC(C)(C)C(CCO[SiH3])c1ccccc1. The lowest BCUT2D eigenvalue weighted by Crippen LogP contribution is -2.20. The first-order chi connectivity index (χ1) is 7.05. The summed E-state index contributed by atoms with van der Waals surface area (Å²) in [6.07, 6.45) is 1.12. The highest BCUT2D eigenvalue weighted by atomic mass is 28.2. The number of benzene rings is 1. The van der Waals surface area contributed by atoms with Gasteiger partial charge >= 0.3 is 0 Å². The molecule has 0 heterocycles. The summed E-state index contributed by atoms with van der Waals surface area (Å²) in [6, 6.07) is 10.8. The van der Waals surface area contributed by atoms with Gasteiger partial charge in [-0.3, -0.25) is 0 Å². The predicted octanol–water partition coefficient (Wildman–Crippen LogP) is 2.50. The van der Waals surface area contributed by atoms with Crippen LogP contribution in [0, 0.1) is 5.41 Å². The van der Waals surface area contributed by atoms with Gasteiger partial charge in [0.2, 0.25) is 0 Å². The number of hydrogen-bond donors (Lipinski definition) is 0. The first-order valence-corrected chi connectivity index (χ1v) is 6.41. The van der Waals surface area contributed by atoms with E-state index in [1.165, 1.54) is 5.56 Å². The maximum atomic E-state index is 5.33.